The quantitative estimate of drug-likeness (QED) is 0.470. The zero-order valence-electron chi connectivity index (χ0n) is 11.9. The second-order valence-electron chi connectivity index (χ2n) is 5.86. The topological polar surface area (TPSA) is 47.6 Å². The molecule has 1 N–H and O–H groups in total. The van der Waals surface area contributed by atoms with Crippen LogP contribution in [0.5, 0.6) is 0 Å². The lowest BCUT2D eigenvalue weighted by Crippen LogP contribution is -2.52. The van der Waals surface area contributed by atoms with Gasteiger partial charge in [-0.1, -0.05) is 29.5 Å². The number of alkyl halides is 1. The number of hydrogen-bond donors (Lipinski definition) is 1. The first-order valence-corrected chi connectivity index (χ1v) is 7.59. The molecule has 1 heterocycles. The summed E-state index contributed by atoms with van der Waals surface area (Å²) in [5.74, 6) is 0. The lowest BCUT2D eigenvalue weighted by atomic mass is 10.1. The number of amides is 1. The van der Waals surface area contributed by atoms with E-state index in [1.807, 2.05) is 20.8 Å². The summed E-state index contributed by atoms with van der Waals surface area (Å²) in [6, 6.07) is 0. The van der Waals surface area contributed by atoms with E-state index in [1.54, 1.807) is 0 Å². The van der Waals surface area contributed by atoms with Crippen molar-refractivity contribution in [1.29, 1.82) is 0 Å². The minimum Gasteiger partial charge on any atom is -0.444 e. The van der Waals surface area contributed by atoms with Crippen molar-refractivity contribution in [3.05, 3.63) is 0 Å². The van der Waals surface area contributed by atoms with E-state index in [4.69, 9.17) is 9.47 Å². The minimum absolute atomic E-state index is 0.0608. The summed E-state index contributed by atoms with van der Waals surface area (Å²) < 4.78 is 10.8. The normalized spacial score (nSPS) is 27.7. The highest BCUT2D eigenvalue weighted by molar-refractivity contribution is 14.1. The number of hydrogen-bond acceptors (Lipinski definition) is 3. The van der Waals surface area contributed by atoms with Gasteiger partial charge < -0.3 is 14.8 Å². The zero-order valence-corrected chi connectivity index (χ0v) is 14.0. The Balaban J connectivity index is 2.62. The summed E-state index contributed by atoms with van der Waals surface area (Å²) in [5, 5.41) is 2.96. The molecule has 0 aromatic heterocycles. The number of halogens is 1. The summed E-state index contributed by atoms with van der Waals surface area (Å²) in [4.78, 5) is 11.9. The lowest BCUT2D eigenvalue weighted by molar-refractivity contribution is 0.0138. The predicted molar refractivity (Wildman–Crippen MR) is 80.0 cm³/mol. The maximum atomic E-state index is 11.9. The third kappa shape index (κ3) is 4.57. The number of alkyl carbamates (subject to hydrolysis) is 1. The van der Waals surface area contributed by atoms with Gasteiger partial charge in [0.2, 0.25) is 0 Å². The van der Waals surface area contributed by atoms with Crippen LogP contribution < -0.4 is 5.32 Å². The molecule has 1 fully saturated rings. The van der Waals surface area contributed by atoms with Gasteiger partial charge in [-0.05, 0) is 47.0 Å². The molecule has 1 aliphatic heterocycles. The number of ether oxygens (including phenoxy) is 2. The lowest BCUT2D eigenvalue weighted by Gasteiger charge is -2.34. The van der Waals surface area contributed by atoms with E-state index in [-0.39, 0.29) is 21.8 Å². The van der Waals surface area contributed by atoms with Crippen molar-refractivity contribution in [2.24, 2.45) is 0 Å². The van der Waals surface area contributed by atoms with Crippen molar-refractivity contribution in [3.8, 4) is 0 Å². The molecule has 0 aromatic carbocycles. The monoisotopic (exact) mass is 369 g/mol. The Morgan fingerprint density at radius 2 is 2.06 bits per heavy atom. The Labute approximate surface area is 123 Å². The van der Waals surface area contributed by atoms with Crippen molar-refractivity contribution >= 4 is 28.7 Å². The highest BCUT2D eigenvalue weighted by Crippen LogP contribution is 2.35. The molecule has 0 aromatic rings. The van der Waals surface area contributed by atoms with Gasteiger partial charge in [-0.15, -0.1) is 0 Å². The number of carbonyl (C=O) groups excluding carboxylic acids is 1. The summed E-state index contributed by atoms with van der Waals surface area (Å²) in [7, 11) is 0. The molecule has 2 unspecified atom stereocenters. The first-order chi connectivity index (χ1) is 8.16. The van der Waals surface area contributed by atoms with E-state index in [2.05, 4.69) is 41.8 Å². The highest BCUT2D eigenvalue weighted by atomic mass is 127. The van der Waals surface area contributed by atoms with Gasteiger partial charge in [0.1, 0.15) is 9.15 Å². The Hall–Kier alpha value is -0.0400. The Morgan fingerprint density at radius 3 is 2.44 bits per heavy atom. The number of rotatable bonds is 3. The molecular weight excluding hydrogens is 345 g/mol. The Kier molecular flexibility index (Phi) is 5.29. The van der Waals surface area contributed by atoms with Gasteiger partial charge in [0, 0.05) is 0 Å². The molecule has 0 bridgehead atoms. The largest absolute Gasteiger partial charge is 0.444 e. The first-order valence-electron chi connectivity index (χ1n) is 6.52. The molecule has 0 saturated carbocycles. The van der Waals surface area contributed by atoms with Crippen molar-refractivity contribution in [2.75, 3.05) is 0 Å². The van der Waals surface area contributed by atoms with Crippen LogP contribution in [0.1, 0.15) is 53.9 Å². The Morgan fingerprint density at radius 1 is 1.44 bits per heavy atom. The van der Waals surface area contributed by atoms with Crippen LogP contribution in [0, 0.1) is 0 Å². The van der Waals surface area contributed by atoms with Gasteiger partial charge in [0.15, 0.2) is 0 Å². The molecule has 1 rings (SSSR count). The summed E-state index contributed by atoms with van der Waals surface area (Å²) in [5.41, 5.74) is -0.473. The van der Waals surface area contributed by atoms with Gasteiger partial charge in [-0.25, -0.2) is 4.79 Å². The van der Waals surface area contributed by atoms with Crippen molar-refractivity contribution < 1.29 is 14.3 Å². The van der Waals surface area contributed by atoms with Crippen molar-refractivity contribution in [1.82, 2.24) is 5.32 Å². The van der Waals surface area contributed by atoms with Crippen molar-refractivity contribution in [3.63, 3.8) is 0 Å². The number of nitrogens with one attached hydrogen (secondary N) is 1. The van der Waals surface area contributed by atoms with E-state index in [0.29, 0.717) is 0 Å². The molecule has 4 nitrogen and oxygen atoms in total. The van der Waals surface area contributed by atoms with E-state index in [1.165, 1.54) is 0 Å². The fraction of sp³-hybridized carbons (Fsp3) is 0.923. The minimum atomic E-state index is -0.473. The summed E-state index contributed by atoms with van der Waals surface area (Å²) in [6.07, 6.45) is 2.80. The van der Waals surface area contributed by atoms with E-state index >= 15 is 0 Å². The van der Waals surface area contributed by atoms with Crippen LogP contribution >= 0.6 is 22.6 Å². The molecule has 1 amide bonds. The predicted octanol–water partition coefficient (Wildman–Crippen LogP) is 3.62. The summed E-state index contributed by atoms with van der Waals surface area (Å²) in [6.45, 7) is 9.71. The van der Waals surface area contributed by atoms with Gasteiger partial charge >= 0.3 is 6.09 Å². The molecule has 3 atom stereocenters. The van der Waals surface area contributed by atoms with Crippen LogP contribution in [0.25, 0.3) is 0 Å². The molecule has 106 valence electrons. The molecule has 0 aliphatic carbocycles. The van der Waals surface area contributed by atoms with Crippen LogP contribution in [0.15, 0.2) is 0 Å². The van der Waals surface area contributed by atoms with Crippen LogP contribution in [-0.2, 0) is 9.47 Å². The fourth-order valence-corrected chi connectivity index (χ4v) is 2.69. The van der Waals surface area contributed by atoms with E-state index in [0.717, 1.165) is 19.3 Å². The second kappa shape index (κ2) is 5.94. The zero-order chi connectivity index (χ0) is 14.0. The Bertz CT molecular complexity index is 303. The average Bonchev–Trinajstić information content (AvgIpc) is 2.62. The molecule has 0 radical (unpaired) electrons. The molecule has 1 aliphatic rings. The van der Waals surface area contributed by atoms with E-state index in [9.17, 15) is 4.79 Å². The van der Waals surface area contributed by atoms with Gasteiger partial charge in [-0.2, -0.15) is 0 Å². The molecular formula is C13H24INO3. The SMILES string of the molecule is CC[C@](I)(NC(=O)OC(C)(C)C)C1CCC(C)O1. The second-order valence-corrected chi connectivity index (χ2v) is 7.78. The maximum Gasteiger partial charge on any atom is 0.408 e. The summed E-state index contributed by atoms with van der Waals surface area (Å²) >= 11 is 2.28. The van der Waals surface area contributed by atoms with Crippen LogP contribution in [0.3, 0.4) is 0 Å². The van der Waals surface area contributed by atoms with Crippen LogP contribution in [0.2, 0.25) is 0 Å². The van der Waals surface area contributed by atoms with Crippen LogP contribution in [0.4, 0.5) is 4.79 Å². The van der Waals surface area contributed by atoms with Crippen molar-refractivity contribution in [2.45, 2.75) is 75.2 Å². The smallest absolute Gasteiger partial charge is 0.408 e. The highest BCUT2D eigenvalue weighted by Gasteiger charge is 2.41. The molecule has 1 saturated heterocycles. The number of carbonyl (C=O) groups is 1. The third-order valence-electron chi connectivity index (χ3n) is 2.97. The van der Waals surface area contributed by atoms with Gasteiger partial charge in [-0.3, -0.25) is 0 Å². The van der Waals surface area contributed by atoms with Crippen LogP contribution in [-0.4, -0.2) is 27.4 Å². The third-order valence-corrected chi connectivity index (χ3v) is 4.69. The maximum absolute atomic E-state index is 11.9. The molecule has 0 spiro atoms. The van der Waals surface area contributed by atoms with E-state index < -0.39 is 5.60 Å². The van der Waals surface area contributed by atoms with Gasteiger partial charge in [0.25, 0.3) is 0 Å². The van der Waals surface area contributed by atoms with Gasteiger partial charge in [0.05, 0.1) is 12.2 Å². The first kappa shape index (κ1) is 16.0. The average molecular weight is 369 g/mol. The molecule has 18 heavy (non-hydrogen) atoms. The standard InChI is InChI=1S/C13H24INO3/c1-6-13(14,10-8-7-9(2)17-10)15-11(16)18-12(3,4)5/h9-10H,6-8H2,1-5H3,(H,15,16)/t9?,10?,13-/m0/s1. The molecule has 5 heteroatoms. The fourth-order valence-electron chi connectivity index (χ4n) is 2.01.